The number of benzene rings is 1. The van der Waals surface area contributed by atoms with Crippen LogP contribution in [0.5, 0.6) is 0 Å². The molecule has 1 aromatic rings. The van der Waals surface area contributed by atoms with E-state index in [0.29, 0.717) is 0 Å². The number of fused-ring (bicyclic) bond motifs is 1. The fraction of sp³-hybridized carbons (Fsp3) is 0.214. The summed E-state index contributed by atoms with van der Waals surface area (Å²) < 4.78 is 11.0. The van der Waals surface area contributed by atoms with Crippen LogP contribution in [0.25, 0.3) is 0 Å². The van der Waals surface area contributed by atoms with Crippen molar-refractivity contribution in [1.29, 1.82) is 0 Å². The van der Waals surface area contributed by atoms with Crippen LogP contribution in [0, 0.1) is 0 Å². The summed E-state index contributed by atoms with van der Waals surface area (Å²) in [6.07, 6.45) is 8.69. The van der Waals surface area contributed by atoms with E-state index < -0.39 is 0 Å². The predicted octanol–water partition coefficient (Wildman–Crippen LogP) is 3.11. The van der Waals surface area contributed by atoms with Crippen LogP contribution < -0.4 is 0 Å². The molecule has 3 heteroatoms. The molecule has 0 radical (unpaired) electrons. The molecule has 1 aromatic carbocycles. The number of para-hydroxylation sites is 1. The Bertz CT molecular complexity index is 503. The molecule has 17 heavy (non-hydrogen) atoms. The van der Waals surface area contributed by atoms with Crippen LogP contribution in [0.15, 0.2) is 53.7 Å². The molecule has 3 nitrogen and oxygen atoms in total. The van der Waals surface area contributed by atoms with Gasteiger partial charge in [-0.05, 0) is 30.2 Å². The highest BCUT2D eigenvalue weighted by Crippen LogP contribution is 2.26. The van der Waals surface area contributed by atoms with Crippen molar-refractivity contribution < 1.29 is 9.47 Å². The van der Waals surface area contributed by atoms with Crippen LogP contribution in [0.3, 0.4) is 0 Å². The van der Waals surface area contributed by atoms with Crippen molar-refractivity contribution in [1.82, 2.24) is 0 Å². The normalized spacial score (nSPS) is 21.4. The third kappa shape index (κ3) is 2.23. The van der Waals surface area contributed by atoms with Gasteiger partial charge in [-0.15, -0.1) is 0 Å². The third-order valence-corrected chi connectivity index (χ3v) is 2.77. The Morgan fingerprint density at radius 3 is 3.00 bits per heavy atom. The summed E-state index contributed by atoms with van der Waals surface area (Å²) >= 11 is 0. The van der Waals surface area contributed by atoms with E-state index in [-0.39, 0.29) is 6.29 Å². The molecule has 2 aliphatic rings. The lowest BCUT2D eigenvalue weighted by Gasteiger charge is -2.20. The van der Waals surface area contributed by atoms with Crippen molar-refractivity contribution in [3.05, 3.63) is 54.3 Å². The van der Waals surface area contributed by atoms with Crippen LogP contribution in [0.4, 0.5) is 5.69 Å². The second kappa shape index (κ2) is 4.45. The van der Waals surface area contributed by atoms with Crippen LogP contribution in [-0.2, 0) is 15.9 Å². The van der Waals surface area contributed by atoms with Crippen LogP contribution in [-0.4, -0.2) is 12.2 Å². The molecule has 0 aliphatic carbocycles. The fourth-order valence-corrected chi connectivity index (χ4v) is 1.92. The Labute approximate surface area is 100 Å². The highest BCUT2D eigenvalue weighted by Gasteiger charge is 2.16. The van der Waals surface area contributed by atoms with Gasteiger partial charge in [0.2, 0.25) is 0 Å². The first kappa shape index (κ1) is 10.1. The smallest absolute Gasteiger partial charge is 0.261 e. The van der Waals surface area contributed by atoms with Gasteiger partial charge < -0.3 is 9.47 Å². The first-order valence-electron chi connectivity index (χ1n) is 5.73. The molecule has 0 saturated carbocycles. The van der Waals surface area contributed by atoms with Gasteiger partial charge in [-0.3, -0.25) is 0 Å². The van der Waals surface area contributed by atoms with Crippen LogP contribution in [0.1, 0.15) is 12.0 Å². The zero-order valence-electron chi connectivity index (χ0n) is 9.37. The van der Waals surface area contributed by atoms with Crippen molar-refractivity contribution in [2.75, 3.05) is 0 Å². The topological polar surface area (TPSA) is 30.8 Å². The summed E-state index contributed by atoms with van der Waals surface area (Å²) in [4.78, 5) is 4.50. The van der Waals surface area contributed by atoms with Gasteiger partial charge in [0.1, 0.15) is 0 Å². The van der Waals surface area contributed by atoms with E-state index >= 15 is 0 Å². The minimum atomic E-state index is -0.344. The molecule has 1 atom stereocenters. The molecule has 0 aromatic heterocycles. The van der Waals surface area contributed by atoms with Crippen molar-refractivity contribution in [2.45, 2.75) is 19.1 Å². The highest BCUT2D eigenvalue weighted by molar-refractivity contribution is 5.82. The van der Waals surface area contributed by atoms with Gasteiger partial charge in [0, 0.05) is 6.42 Å². The molecule has 86 valence electrons. The molecule has 3 rings (SSSR count). The highest BCUT2D eigenvalue weighted by atomic mass is 16.7. The second-order valence-electron chi connectivity index (χ2n) is 3.97. The number of hydrogen-bond donors (Lipinski definition) is 0. The van der Waals surface area contributed by atoms with Crippen molar-refractivity contribution in [2.24, 2.45) is 4.99 Å². The molecule has 2 heterocycles. The number of ether oxygens (including phenoxy) is 2. The monoisotopic (exact) mass is 227 g/mol. The molecule has 0 amide bonds. The van der Waals surface area contributed by atoms with Gasteiger partial charge in [-0.25, -0.2) is 4.99 Å². The van der Waals surface area contributed by atoms with Crippen molar-refractivity contribution in [3.8, 4) is 0 Å². The molecule has 0 saturated heterocycles. The molecule has 0 fully saturated rings. The maximum Gasteiger partial charge on any atom is 0.261 e. The van der Waals surface area contributed by atoms with Crippen molar-refractivity contribution in [3.63, 3.8) is 0 Å². The number of rotatable bonds is 1. The number of aliphatic imine (C=N–C) groups is 1. The van der Waals surface area contributed by atoms with E-state index in [2.05, 4.69) is 11.1 Å². The zero-order valence-corrected chi connectivity index (χ0v) is 9.37. The van der Waals surface area contributed by atoms with Gasteiger partial charge in [0.05, 0.1) is 11.9 Å². The average Bonchev–Trinajstić information content (AvgIpc) is 2.40. The summed E-state index contributed by atoms with van der Waals surface area (Å²) in [5.41, 5.74) is 2.28. The number of nitrogens with zero attached hydrogens (tertiary/aromatic N) is 1. The zero-order chi connectivity index (χ0) is 11.5. The minimum Gasteiger partial charge on any atom is -0.459 e. The van der Waals surface area contributed by atoms with Gasteiger partial charge in [0.15, 0.2) is 5.90 Å². The first-order chi connectivity index (χ1) is 8.42. The Kier molecular flexibility index (Phi) is 2.66. The van der Waals surface area contributed by atoms with Gasteiger partial charge in [-0.1, -0.05) is 24.3 Å². The average molecular weight is 227 g/mol. The maximum absolute atomic E-state index is 5.68. The Balaban J connectivity index is 1.75. The van der Waals surface area contributed by atoms with Crippen LogP contribution >= 0.6 is 0 Å². The molecule has 2 aliphatic heterocycles. The number of aryl methyl sites for hydroxylation is 1. The quantitative estimate of drug-likeness (QED) is 0.738. The molecule has 0 bridgehead atoms. The Morgan fingerprint density at radius 1 is 1.18 bits per heavy atom. The lowest BCUT2D eigenvalue weighted by atomic mass is 10.1. The lowest BCUT2D eigenvalue weighted by Crippen LogP contribution is -2.20. The summed E-state index contributed by atoms with van der Waals surface area (Å²) in [5, 5.41) is 0. The van der Waals surface area contributed by atoms with Gasteiger partial charge in [-0.2, -0.15) is 0 Å². The number of hydrogen-bond acceptors (Lipinski definition) is 3. The first-order valence-corrected chi connectivity index (χ1v) is 5.73. The fourth-order valence-electron chi connectivity index (χ4n) is 1.92. The van der Waals surface area contributed by atoms with Crippen molar-refractivity contribution >= 4 is 11.6 Å². The Morgan fingerprint density at radius 2 is 2.12 bits per heavy atom. The predicted molar refractivity (Wildman–Crippen MR) is 66.1 cm³/mol. The molecule has 0 spiro atoms. The summed E-state index contributed by atoms with van der Waals surface area (Å²) in [6.45, 7) is 0. The van der Waals surface area contributed by atoms with E-state index in [4.69, 9.17) is 9.47 Å². The van der Waals surface area contributed by atoms with E-state index in [9.17, 15) is 0 Å². The summed E-state index contributed by atoms with van der Waals surface area (Å²) in [7, 11) is 0. The van der Waals surface area contributed by atoms with E-state index in [1.807, 2.05) is 36.4 Å². The van der Waals surface area contributed by atoms with Gasteiger partial charge in [0.25, 0.3) is 6.29 Å². The molecular weight excluding hydrogens is 214 g/mol. The largest absolute Gasteiger partial charge is 0.459 e. The van der Waals surface area contributed by atoms with E-state index in [1.165, 1.54) is 5.56 Å². The standard InChI is InChI=1S/C14H13NO2/c1-2-6-12-11(5-1)8-9-13(15-12)17-14-7-3-4-10-16-14/h1-7,10,14H,8-9H2. The molecule has 1 unspecified atom stereocenters. The summed E-state index contributed by atoms with van der Waals surface area (Å²) in [6, 6.07) is 8.15. The minimum absolute atomic E-state index is 0.344. The lowest BCUT2D eigenvalue weighted by molar-refractivity contribution is -0.00403. The SMILES string of the molecule is C1=COC(OC2=Nc3ccccc3CC2)C=C1. The van der Waals surface area contributed by atoms with E-state index in [0.717, 1.165) is 24.4 Å². The number of allylic oxidation sites excluding steroid dienone is 2. The summed E-state index contributed by atoms with van der Waals surface area (Å²) in [5.74, 6) is 0.744. The third-order valence-electron chi connectivity index (χ3n) is 2.77. The maximum atomic E-state index is 5.68. The van der Waals surface area contributed by atoms with E-state index in [1.54, 1.807) is 6.26 Å². The Hall–Kier alpha value is -2.03. The van der Waals surface area contributed by atoms with Gasteiger partial charge >= 0.3 is 0 Å². The van der Waals surface area contributed by atoms with Crippen LogP contribution in [0.2, 0.25) is 0 Å². The molecule has 0 N–H and O–H groups in total. The molecular formula is C14H13NO2. The second-order valence-corrected chi connectivity index (χ2v) is 3.97.